The molecule has 0 amide bonds. The van der Waals surface area contributed by atoms with Crippen molar-refractivity contribution in [1.82, 2.24) is 4.90 Å². The second-order valence-corrected chi connectivity index (χ2v) is 6.13. The van der Waals surface area contributed by atoms with Crippen LogP contribution < -0.4 is 5.32 Å². The van der Waals surface area contributed by atoms with Crippen LogP contribution in [0.15, 0.2) is 18.2 Å². The smallest absolute Gasteiger partial charge is 0.384 e. The molecule has 0 fully saturated rings. The Labute approximate surface area is 123 Å². The maximum absolute atomic E-state index is 12.9. The molecule has 0 unspecified atom stereocenters. The van der Waals surface area contributed by atoms with Crippen molar-refractivity contribution in [2.45, 2.75) is 20.0 Å². The van der Waals surface area contributed by atoms with E-state index in [1.165, 1.54) is 12.1 Å². The Morgan fingerprint density at radius 1 is 1.24 bits per heavy atom. The van der Waals surface area contributed by atoms with Crippen LogP contribution in [0.1, 0.15) is 25.0 Å². The van der Waals surface area contributed by atoms with E-state index < -0.39 is 11.7 Å². The van der Waals surface area contributed by atoms with Crippen LogP contribution >= 0.6 is 0 Å². The Kier molecular flexibility index (Phi) is 5.24. The summed E-state index contributed by atoms with van der Waals surface area (Å²) in [6, 6.07) is 5.26. The van der Waals surface area contributed by atoms with E-state index in [1.54, 1.807) is 6.07 Å². The third-order valence-electron chi connectivity index (χ3n) is 2.96. The van der Waals surface area contributed by atoms with Crippen molar-refractivity contribution in [2.24, 2.45) is 5.41 Å². The fourth-order valence-corrected chi connectivity index (χ4v) is 2.24. The van der Waals surface area contributed by atoms with E-state index in [0.29, 0.717) is 12.2 Å². The van der Waals surface area contributed by atoms with E-state index in [-0.39, 0.29) is 11.0 Å². The van der Waals surface area contributed by atoms with E-state index >= 15 is 0 Å². The van der Waals surface area contributed by atoms with Crippen molar-refractivity contribution < 1.29 is 13.2 Å². The van der Waals surface area contributed by atoms with Crippen molar-refractivity contribution >= 4 is 5.69 Å². The Hall–Kier alpha value is -1.74. The highest BCUT2D eigenvalue weighted by atomic mass is 19.4. The summed E-state index contributed by atoms with van der Waals surface area (Å²) < 4.78 is 38.6. The molecule has 0 heterocycles. The van der Waals surface area contributed by atoms with Crippen molar-refractivity contribution in [1.29, 1.82) is 5.26 Å². The zero-order chi connectivity index (χ0) is 16.3. The molecule has 1 aromatic carbocycles. The molecule has 1 N–H and O–H groups in total. The van der Waals surface area contributed by atoms with Gasteiger partial charge in [-0.2, -0.15) is 18.4 Å². The molecule has 0 bridgehead atoms. The summed E-state index contributed by atoms with van der Waals surface area (Å²) in [5.74, 6) is 0. The molecule has 0 atom stereocenters. The van der Waals surface area contributed by atoms with E-state index in [1.807, 2.05) is 32.8 Å². The van der Waals surface area contributed by atoms with E-state index in [0.717, 1.165) is 12.6 Å². The lowest BCUT2D eigenvalue weighted by atomic mass is 9.92. The molecule has 3 nitrogen and oxygen atoms in total. The monoisotopic (exact) mass is 299 g/mol. The zero-order valence-electron chi connectivity index (χ0n) is 12.7. The first-order valence-corrected chi connectivity index (χ1v) is 6.55. The van der Waals surface area contributed by atoms with Crippen LogP contribution in [0.25, 0.3) is 0 Å². The summed E-state index contributed by atoms with van der Waals surface area (Å²) in [6.45, 7) is 5.42. The lowest BCUT2D eigenvalue weighted by molar-refractivity contribution is -0.137. The highest BCUT2D eigenvalue weighted by molar-refractivity contribution is 5.53. The number of halogens is 3. The number of benzene rings is 1. The van der Waals surface area contributed by atoms with Gasteiger partial charge in [0.05, 0.1) is 17.2 Å². The highest BCUT2D eigenvalue weighted by Gasteiger charge is 2.34. The standard InChI is InChI=1S/C15H20F3N3/c1-14(2,10-21(3)4)9-20-12-6-5-11(8-19)13(7-12)15(16,17)18/h5-7,20H,9-10H2,1-4H3. The van der Waals surface area contributed by atoms with Crippen LogP contribution in [0, 0.1) is 16.7 Å². The summed E-state index contributed by atoms with van der Waals surface area (Å²) in [7, 11) is 3.90. The minimum atomic E-state index is -4.53. The van der Waals surface area contributed by atoms with Gasteiger partial charge in [0.2, 0.25) is 0 Å². The predicted molar refractivity (Wildman–Crippen MR) is 77.0 cm³/mol. The second-order valence-electron chi connectivity index (χ2n) is 6.13. The van der Waals surface area contributed by atoms with Gasteiger partial charge in [-0.15, -0.1) is 0 Å². The minimum Gasteiger partial charge on any atom is -0.384 e. The van der Waals surface area contributed by atoms with Crippen molar-refractivity contribution in [3.63, 3.8) is 0 Å². The fourth-order valence-electron chi connectivity index (χ4n) is 2.24. The molecule has 116 valence electrons. The zero-order valence-corrected chi connectivity index (χ0v) is 12.7. The molecule has 6 heteroatoms. The molecule has 0 saturated carbocycles. The molecular weight excluding hydrogens is 279 g/mol. The molecule has 1 rings (SSSR count). The first-order valence-electron chi connectivity index (χ1n) is 6.55. The summed E-state index contributed by atoms with van der Waals surface area (Å²) in [5, 5.41) is 11.8. The minimum absolute atomic E-state index is 0.0875. The van der Waals surface area contributed by atoms with Gasteiger partial charge >= 0.3 is 6.18 Å². The fraction of sp³-hybridized carbons (Fsp3) is 0.533. The highest BCUT2D eigenvalue weighted by Crippen LogP contribution is 2.33. The average molecular weight is 299 g/mol. The lowest BCUT2D eigenvalue weighted by Gasteiger charge is -2.29. The average Bonchev–Trinajstić information content (AvgIpc) is 2.33. The van der Waals surface area contributed by atoms with Crippen molar-refractivity contribution in [2.75, 3.05) is 32.5 Å². The van der Waals surface area contributed by atoms with Gasteiger partial charge in [0, 0.05) is 18.8 Å². The maximum atomic E-state index is 12.9. The SMILES string of the molecule is CN(C)CC(C)(C)CNc1ccc(C#N)c(C(F)(F)F)c1. The topological polar surface area (TPSA) is 39.1 Å². The largest absolute Gasteiger partial charge is 0.417 e. The Bertz CT molecular complexity index is 528. The van der Waals surface area contributed by atoms with Gasteiger partial charge < -0.3 is 10.2 Å². The third-order valence-corrected chi connectivity index (χ3v) is 2.96. The number of rotatable bonds is 5. The molecule has 0 aliphatic carbocycles. The van der Waals surface area contributed by atoms with Crippen molar-refractivity contribution in [3.05, 3.63) is 29.3 Å². The Morgan fingerprint density at radius 2 is 1.86 bits per heavy atom. The van der Waals surface area contributed by atoms with Gasteiger partial charge in [0.1, 0.15) is 0 Å². The van der Waals surface area contributed by atoms with Crippen LogP contribution in [-0.4, -0.2) is 32.1 Å². The summed E-state index contributed by atoms with van der Waals surface area (Å²) in [6.07, 6.45) is -4.53. The second kappa shape index (κ2) is 6.35. The van der Waals surface area contributed by atoms with Gasteiger partial charge in [-0.05, 0) is 37.7 Å². The molecule has 0 saturated heterocycles. The number of nitrogens with zero attached hydrogens (tertiary/aromatic N) is 2. The van der Waals surface area contributed by atoms with Crippen LogP contribution in [0.5, 0.6) is 0 Å². The van der Waals surface area contributed by atoms with E-state index in [9.17, 15) is 13.2 Å². The molecule has 0 aliphatic heterocycles. The number of nitriles is 1. The van der Waals surface area contributed by atoms with E-state index in [4.69, 9.17) is 5.26 Å². The summed E-state index contributed by atoms with van der Waals surface area (Å²) in [5.41, 5.74) is -0.982. The summed E-state index contributed by atoms with van der Waals surface area (Å²) in [4.78, 5) is 2.03. The molecular formula is C15H20F3N3. The Balaban J connectivity index is 2.89. The van der Waals surface area contributed by atoms with Gasteiger partial charge in [0.25, 0.3) is 0 Å². The first-order chi connectivity index (χ1) is 9.55. The number of anilines is 1. The van der Waals surface area contributed by atoms with Gasteiger partial charge in [0.15, 0.2) is 0 Å². The lowest BCUT2D eigenvalue weighted by Crippen LogP contribution is -2.34. The molecule has 0 aliphatic rings. The van der Waals surface area contributed by atoms with Gasteiger partial charge in [-0.25, -0.2) is 0 Å². The molecule has 21 heavy (non-hydrogen) atoms. The molecule has 0 spiro atoms. The number of alkyl halides is 3. The first kappa shape index (κ1) is 17.3. The van der Waals surface area contributed by atoms with E-state index in [2.05, 4.69) is 5.32 Å². The predicted octanol–water partition coefficient (Wildman–Crippen LogP) is 3.58. The van der Waals surface area contributed by atoms with Crippen molar-refractivity contribution in [3.8, 4) is 6.07 Å². The number of nitrogens with one attached hydrogen (secondary N) is 1. The van der Waals surface area contributed by atoms with Crippen LogP contribution in [-0.2, 0) is 6.18 Å². The Morgan fingerprint density at radius 3 is 2.33 bits per heavy atom. The van der Waals surface area contributed by atoms with Crippen LogP contribution in [0.4, 0.5) is 18.9 Å². The van der Waals surface area contributed by atoms with Crippen LogP contribution in [0.3, 0.4) is 0 Å². The normalized spacial score (nSPS) is 12.3. The van der Waals surface area contributed by atoms with Crippen LogP contribution in [0.2, 0.25) is 0 Å². The third kappa shape index (κ3) is 5.27. The molecule has 0 radical (unpaired) electrons. The number of hydrogen-bond donors (Lipinski definition) is 1. The molecule has 1 aromatic rings. The van der Waals surface area contributed by atoms with Gasteiger partial charge in [-0.3, -0.25) is 0 Å². The summed E-state index contributed by atoms with van der Waals surface area (Å²) >= 11 is 0. The molecule has 0 aromatic heterocycles. The maximum Gasteiger partial charge on any atom is 0.417 e. The quantitative estimate of drug-likeness (QED) is 0.903. The van der Waals surface area contributed by atoms with Gasteiger partial charge in [-0.1, -0.05) is 13.8 Å². The number of hydrogen-bond acceptors (Lipinski definition) is 3.